The van der Waals surface area contributed by atoms with Crippen molar-refractivity contribution in [2.24, 2.45) is 0 Å². The van der Waals surface area contributed by atoms with Gasteiger partial charge in [-0.2, -0.15) is 0 Å². The number of rotatable bonds is 6. The molecule has 6 nitrogen and oxygen atoms in total. The molecule has 2 aromatic heterocycles. The van der Waals surface area contributed by atoms with Crippen LogP contribution >= 0.6 is 24.4 Å². The van der Waals surface area contributed by atoms with Crippen LogP contribution in [0.15, 0.2) is 33.9 Å². The van der Waals surface area contributed by atoms with E-state index in [-0.39, 0.29) is 11.1 Å². The minimum Gasteiger partial charge on any atom is -0.335 e. The molecule has 0 unspecified atom stereocenters. The molecule has 1 aromatic carbocycles. The van der Waals surface area contributed by atoms with Crippen LogP contribution in [-0.2, 0) is 25.7 Å². The number of nitrogens with one attached hydrogen (secondary N) is 4. The Morgan fingerprint density at radius 1 is 0.750 bits per heavy atom. The van der Waals surface area contributed by atoms with E-state index in [1.807, 2.05) is 32.0 Å². The maximum Gasteiger partial charge on any atom is 0.255 e. The molecular weight excluding hydrogens is 392 g/mol. The van der Waals surface area contributed by atoms with Gasteiger partial charge in [0.15, 0.2) is 9.54 Å². The molecule has 8 heteroatoms. The van der Waals surface area contributed by atoms with Gasteiger partial charge in [-0.05, 0) is 48.4 Å². The fourth-order valence-corrected chi connectivity index (χ4v) is 3.86. The van der Waals surface area contributed by atoms with E-state index in [4.69, 9.17) is 24.4 Å². The first-order valence-corrected chi connectivity index (χ1v) is 9.99. The molecule has 3 aromatic rings. The van der Waals surface area contributed by atoms with Crippen molar-refractivity contribution in [3.63, 3.8) is 0 Å². The van der Waals surface area contributed by atoms with Crippen molar-refractivity contribution < 1.29 is 0 Å². The Bertz CT molecular complexity index is 1140. The summed E-state index contributed by atoms with van der Waals surface area (Å²) in [4.78, 5) is 35.8. The predicted molar refractivity (Wildman–Crippen MR) is 115 cm³/mol. The summed E-state index contributed by atoms with van der Waals surface area (Å²) in [6.07, 6.45) is 2.41. The largest absolute Gasteiger partial charge is 0.335 e. The Hall–Kier alpha value is -2.58. The number of benzene rings is 1. The van der Waals surface area contributed by atoms with Crippen molar-refractivity contribution >= 4 is 24.4 Å². The van der Waals surface area contributed by atoms with Gasteiger partial charge < -0.3 is 9.97 Å². The Morgan fingerprint density at radius 3 is 1.57 bits per heavy atom. The van der Waals surface area contributed by atoms with Gasteiger partial charge in [0, 0.05) is 35.4 Å². The van der Waals surface area contributed by atoms with Crippen LogP contribution in [0.5, 0.6) is 0 Å². The summed E-state index contributed by atoms with van der Waals surface area (Å²) in [6.45, 7) is 3.89. The highest BCUT2D eigenvalue weighted by atomic mass is 32.1. The Balaban J connectivity index is 1.95. The summed E-state index contributed by atoms with van der Waals surface area (Å²) in [7, 11) is 0. The summed E-state index contributed by atoms with van der Waals surface area (Å²) < 4.78 is 0.661. The van der Waals surface area contributed by atoms with Gasteiger partial charge in [-0.15, -0.1) is 0 Å². The zero-order chi connectivity index (χ0) is 20.3. The first kappa shape index (κ1) is 20.2. The summed E-state index contributed by atoms with van der Waals surface area (Å²) >= 11 is 10.2. The average Bonchev–Trinajstić information content (AvgIpc) is 2.61. The van der Waals surface area contributed by atoms with Gasteiger partial charge in [0.05, 0.1) is 0 Å². The second kappa shape index (κ2) is 8.62. The quantitative estimate of drug-likeness (QED) is 0.464. The van der Waals surface area contributed by atoms with Crippen LogP contribution in [0.2, 0.25) is 0 Å². The lowest BCUT2D eigenvalue weighted by Crippen LogP contribution is -2.18. The van der Waals surface area contributed by atoms with Crippen LogP contribution in [-0.4, -0.2) is 19.9 Å². The highest BCUT2D eigenvalue weighted by Crippen LogP contribution is 2.15. The smallest absolute Gasteiger partial charge is 0.255 e. The van der Waals surface area contributed by atoms with E-state index in [1.54, 1.807) is 0 Å². The first-order chi connectivity index (χ1) is 13.4. The van der Waals surface area contributed by atoms with Crippen LogP contribution in [0.3, 0.4) is 0 Å². The molecule has 0 spiro atoms. The molecule has 4 N–H and O–H groups in total. The summed E-state index contributed by atoms with van der Waals surface area (Å²) in [5.41, 5.74) is 4.94. The topological polar surface area (TPSA) is 97.3 Å². The maximum absolute atomic E-state index is 12.1. The van der Waals surface area contributed by atoms with E-state index in [9.17, 15) is 9.59 Å². The molecule has 2 heterocycles. The summed E-state index contributed by atoms with van der Waals surface area (Å²) in [6, 6.07) is 8.09. The summed E-state index contributed by atoms with van der Waals surface area (Å²) in [5.74, 6) is 0. The molecule has 0 amide bonds. The third-order valence-corrected chi connectivity index (χ3v) is 5.13. The van der Waals surface area contributed by atoms with E-state index < -0.39 is 0 Å². The minimum atomic E-state index is -0.138. The SMILES string of the molecule is CCc1c(Cc2cccc(Cc3[nH]c(=S)[nH]c(=O)c3CC)c2)[nH]c(=S)[nH]c1=O. The molecule has 0 bridgehead atoms. The zero-order valence-electron chi connectivity index (χ0n) is 15.8. The predicted octanol–water partition coefficient (Wildman–Crippen LogP) is 3.48. The third kappa shape index (κ3) is 4.45. The zero-order valence-corrected chi connectivity index (χ0v) is 17.4. The second-order valence-electron chi connectivity index (χ2n) is 6.61. The van der Waals surface area contributed by atoms with Crippen LogP contribution in [0.4, 0.5) is 0 Å². The normalized spacial score (nSPS) is 10.9. The number of hydrogen-bond donors (Lipinski definition) is 4. The van der Waals surface area contributed by atoms with Gasteiger partial charge in [-0.3, -0.25) is 19.6 Å². The van der Waals surface area contributed by atoms with Crippen molar-refractivity contribution in [2.75, 3.05) is 0 Å². The lowest BCUT2D eigenvalue weighted by Gasteiger charge is -2.10. The van der Waals surface area contributed by atoms with Gasteiger partial charge in [-0.25, -0.2) is 0 Å². The molecule has 28 heavy (non-hydrogen) atoms. The number of aromatic nitrogens is 4. The van der Waals surface area contributed by atoms with E-state index in [2.05, 4.69) is 26.0 Å². The van der Waals surface area contributed by atoms with Crippen LogP contribution in [0, 0.1) is 9.54 Å². The monoisotopic (exact) mass is 414 g/mol. The van der Waals surface area contributed by atoms with Gasteiger partial charge >= 0.3 is 0 Å². The van der Waals surface area contributed by atoms with Gasteiger partial charge in [0.2, 0.25) is 0 Å². The van der Waals surface area contributed by atoms with Crippen molar-refractivity contribution in [1.29, 1.82) is 0 Å². The minimum absolute atomic E-state index is 0.138. The molecule has 0 radical (unpaired) electrons. The average molecular weight is 415 g/mol. The standard InChI is InChI=1S/C20H22N4O2S2/c1-3-13-15(21-19(27)23-17(13)25)9-11-6-5-7-12(8-11)10-16-14(4-2)18(26)24-20(28)22-16/h5-8H,3-4,9-10H2,1-2H3,(H2,21,23,25,27)(H2,22,24,26,28). The lowest BCUT2D eigenvalue weighted by molar-refractivity contribution is 0.902. The Morgan fingerprint density at radius 2 is 1.18 bits per heavy atom. The molecule has 0 atom stereocenters. The van der Waals surface area contributed by atoms with E-state index in [1.165, 1.54) is 0 Å². The van der Waals surface area contributed by atoms with Crippen molar-refractivity contribution in [2.45, 2.75) is 39.5 Å². The van der Waals surface area contributed by atoms with Crippen molar-refractivity contribution in [3.05, 3.63) is 88.2 Å². The van der Waals surface area contributed by atoms with E-state index in [0.717, 1.165) is 22.5 Å². The molecule has 0 saturated heterocycles. The molecule has 0 aliphatic rings. The highest BCUT2D eigenvalue weighted by Gasteiger charge is 2.10. The molecule has 0 aliphatic carbocycles. The molecule has 0 fully saturated rings. The van der Waals surface area contributed by atoms with Gasteiger partial charge in [0.25, 0.3) is 11.1 Å². The fourth-order valence-electron chi connectivity index (χ4n) is 3.43. The Labute approximate surface area is 172 Å². The molecule has 146 valence electrons. The number of aromatic amines is 4. The fraction of sp³-hybridized carbons (Fsp3) is 0.300. The maximum atomic E-state index is 12.1. The highest BCUT2D eigenvalue weighted by molar-refractivity contribution is 7.71. The molecule has 0 saturated carbocycles. The third-order valence-electron chi connectivity index (χ3n) is 4.72. The molecular formula is C20H22N4O2S2. The number of H-pyrrole nitrogens is 4. The van der Waals surface area contributed by atoms with Crippen LogP contribution in [0.25, 0.3) is 0 Å². The summed E-state index contributed by atoms with van der Waals surface area (Å²) in [5, 5.41) is 0. The lowest BCUT2D eigenvalue weighted by atomic mass is 9.99. The van der Waals surface area contributed by atoms with E-state index in [0.29, 0.717) is 46.4 Å². The van der Waals surface area contributed by atoms with E-state index >= 15 is 0 Å². The van der Waals surface area contributed by atoms with Crippen molar-refractivity contribution in [1.82, 2.24) is 19.9 Å². The van der Waals surface area contributed by atoms with Crippen LogP contribution in [0.1, 0.15) is 47.5 Å². The van der Waals surface area contributed by atoms with Gasteiger partial charge in [0.1, 0.15) is 0 Å². The van der Waals surface area contributed by atoms with Crippen molar-refractivity contribution in [3.8, 4) is 0 Å². The first-order valence-electron chi connectivity index (χ1n) is 9.17. The second-order valence-corrected chi connectivity index (χ2v) is 7.43. The molecule has 0 aliphatic heterocycles. The Kier molecular flexibility index (Phi) is 6.21. The molecule has 3 rings (SSSR count). The van der Waals surface area contributed by atoms with Gasteiger partial charge in [-0.1, -0.05) is 38.1 Å². The van der Waals surface area contributed by atoms with Crippen LogP contribution < -0.4 is 11.1 Å². The number of hydrogen-bond acceptors (Lipinski definition) is 4.